The zero-order valence-electron chi connectivity index (χ0n) is 13.4. The third kappa shape index (κ3) is 3.29. The Morgan fingerprint density at radius 3 is 2.88 bits per heavy atom. The predicted octanol–water partition coefficient (Wildman–Crippen LogP) is 1.62. The largest absolute Gasteiger partial charge is 0.383 e. The number of hydrogen-bond donors (Lipinski definition) is 4. The molecule has 0 aliphatic rings. The predicted molar refractivity (Wildman–Crippen MR) is 93.9 cm³/mol. The molecule has 2 heterocycles. The molecule has 0 radical (unpaired) electrons. The van der Waals surface area contributed by atoms with Crippen LogP contribution in [-0.2, 0) is 17.8 Å². The number of carbonyl (C=O) groups excluding carboxylic acids is 1. The van der Waals surface area contributed by atoms with Crippen molar-refractivity contribution >= 4 is 28.6 Å². The molecule has 1 atom stereocenters. The van der Waals surface area contributed by atoms with Crippen LogP contribution in [0.4, 0.5) is 11.8 Å². The number of fused-ring (bicyclic) bond motifs is 1. The van der Waals surface area contributed by atoms with Gasteiger partial charge in [0, 0.05) is 41.3 Å². The van der Waals surface area contributed by atoms with E-state index >= 15 is 0 Å². The molecule has 24 heavy (non-hydrogen) atoms. The molecule has 1 unspecified atom stereocenters. The van der Waals surface area contributed by atoms with Crippen LogP contribution in [0, 0.1) is 5.92 Å². The number of aromatic nitrogens is 3. The van der Waals surface area contributed by atoms with Gasteiger partial charge in [-0.2, -0.15) is 4.98 Å². The number of nitrogen functional groups attached to an aromatic ring is 2. The van der Waals surface area contributed by atoms with E-state index in [4.69, 9.17) is 11.5 Å². The minimum Gasteiger partial charge on any atom is -0.383 e. The number of nitrogens with zero attached hydrogens (tertiary/aromatic N) is 2. The lowest BCUT2D eigenvalue weighted by Gasteiger charge is -2.12. The first-order valence-electron chi connectivity index (χ1n) is 7.74. The second-order valence-electron chi connectivity index (χ2n) is 5.82. The van der Waals surface area contributed by atoms with E-state index in [0.29, 0.717) is 12.0 Å². The number of nitrogens with two attached hydrogens (primary N) is 2. The molecule has 2 aromatic heterocycles. The number of benzene rings is 1. The Bertz CT molecular complexity index is 872. The van der Waals surface area contributed by atoms with Crippen molar-refractivity contribution in [3.63, 3.8) is 0 Å². The summed E-state index contributed by atoms with van der Waals surface area (Å²) in [5, 5.41) is 4.02. The summed E-state index contributed by atoms with van der Waals surface area (Å²) in [5.41, 5.74) is 14.1. The fourth-order valence-corrected chi connectivity index (χ4v) is 2.65. The van der Waals surface area contributed by atoms with Crippen LogP contribution in [0.1, 0.15) is 18.1 Å². The van der Waals surface area contributed by atoms with Crippen LogP contribution >= 0.6 is 0 Å². The van der Waals surface area contributed by atoms with E-state index in [1.54, 1.807) is 0 Å². The number of hydrogen-bond acceptors (Lipinski definition) is 5. The van der Waals surface area contributed by atoms with Crippen molar-refractivity contribution in [1.29, 1.82) is 0 Å². The van der Waals surface area contributed by atoms with Crippen LogP contribution in [0.3, 0.4) is 0 Å². The highest BCUT2D eigenvalue weighted by Gasteiger charge is 2.16. The van der Waals surface area contributed by atoms with Crippen LogP contribution in [0.25, 0.3) is 10.9 Å². The van der Waals surface area contributed by atoms with Gasteiger partial charge in [0.15, 0.2) is 0 Å². The maximum atomic E-state index is 12.3. The highest BCUT2D eigenvalue weighted by Crippen LogP contribution is 2.20. The van der Waals surface area contributed by atoms with Crippen molar-refractivity contribution in [3.8, 4) is 0 Å². The summed E-state index contributed by atoms with van der Waals surface area (Å²) in [6.07, 6.45) is 4.14. The Balaban J connectivity index is 1.62. The average Bonchev–Trinajstić information content (AvgIpc) is 2.97. The lowest BCUT2D eigenvalue weighted by Crippen LogP contribution is -2.30. The third-order valence-electron chi connectivity index (χ3n) is 4.02. The average molecular weight is 324 g/mol. The molecule has 0 saturated carbocycles. The van der Waals surface area contributed by atoms with Gasteiger partial charge >= 0.3 is 0 Å². The van der Waals surface area contributed by atoms with Gasteiger partial charge in [-0.05, 0) is 18.1 Å². The van der Waals surface area contributed by atoms with Gasteiger partial charge < -0.3 is 21.8 Å². The van der Waals surface area contributed by atoms with Crippen molar-refractivity contribution < 1.29 is 4.79 Å². The number of H-pyrrole nitrogens is 1. The minimum atomic E-state index is -0.167. The van der Waals surface area contributed by atoms with Gasteiger partial charge in [0.05, 0.1) is 0 Å². The van der Waals surface area contributed by atoms with Gasteiger partial charge in [-0.1, -0.05) is 25.1 Å². The minimum absolute atomic E-state index is 0.0449. The Hall–Kier alpha value is -3.09. The van der Waals surface area contributed by atoms with E-state index in [1.807, 2.05) is 31.3 Å². The molecule has 0 saturated heterocycles. The van der Waals surface area contributed by atoms with Crippen molar-refractivity contribution in [2.75, 3.05) is 11.5 Å². The molecule has 3 rings (SSSR count). The fourth-order valence-electron chi connectivity index (χ4n) is 2.65. The Morgan fingerprint density at radius 1 is 1.29 bits per heavy atom. The Kier molecular flexibility index (Phi) is 4.33. The van der Waals surface area contributed by atoms with Gasteiger partial charge in [0.25, 0.3) is 0 Å². The quantitative estimate of drug-likeness (QED) is 0.568. The van der Waals surface area contributed by atoms with E-state index in [-0.39, 0.29) is 30.1 Å². The molecule has 124 valence electrons. The Labute approximate surface area is 139 Å². The monoisotopic (exact) mass is 324 g/mol. The lowest BCUT2D eigenvalue weighted by atomic mass is 10.00. The number of amides is 1. The van der Waals surface area contributed by atoms with Gasteiger partial charge in [0.2, 0.25) is 11.9 Å². The maximum absolute atomic E-state index is 12.3. The number of aromatic amines is 1. The van der Waals surface area contributed by atoms with Crippen LogP contribution in [0.5, 0.6) is 0 Å². The summed E-state index contributed by atoms with van der Waals surface area (Å²) in [7, 11) is 0. The third-order valence-corrected chi connectivity index (χ3v) is 4.02. The van der Waals surface area contributed by atoms with Crippen LogP contribution in [0.15, 0.2) is 36.7 Å². The normalized spacial score (nSPS) is 12.2. The molecule has 1 amide bonds. The van der Waals surface area contributed by atoms with Crippen molar-refractivity contribution in [2.24, 2.45) is 5.92 Å². The van der Waals surface area contributed by atoms with Crippen LogP contribution in [-0.4, -0.2) is 20.9 Å². The van der Waals surface area contributed by atoms with E-state index in [1.165, 1.54) is 6.20 Å². The number of carbonyl (C=O) groups is 1. The number of nitrogens with one attached hydrogen (secondary N) is 2. The first-order chi connectivity index (χ1) is 11.5. The highest BCUT2D eigenvalue weighted by atomic mass is 16.1. The second-order valence-corrected chi connectivity index (χ2v) is 5.82. The van der Waals surface area contributed by atoms with Gasteiger partial charge in [-0.25, -0.2) is 4.98 Å². The fraction of sp³-hybridized carbons (Fsp3) is 0.235. The van der Waals surface area contributed by atoms with Gasteiger partial charge in [-0.15, -0.1) is 0 Å². The summed E-state index contributed by atoms with van der Waals surface area (Å²) >= 11 is 0. The molecule has 0 aliphatic heterocycles. The molecule has 1 aromatic carbocycles. The van der Waals surface area contributed by atoms with Crippen molar-refractivity contribution in [3.05, 3.63) is 47.8 Å². The lowest BCUT2D eigenvalue weighted by molar-refractivity contribution is -0.124. The second kappa shape index (κ2) is 6.57. The number of para-hydroxylation sites is 1. The molecular weight excluding hydrogens is 304 g/mol. The van der Waals surface area contributed by atoms with E-state index in [0.717, 1.165) is 16.5 Å². The molecule has 0 fully saturated rings. The maximum Gasteiger partial charge on any atom is 0.223 e. The van der Waals surface area contributed by atoms with Gasteiger partial charge in [0.1, 0.15) is 5.82 Å². The summed E-state index contributed by atoms with van der Waals surface area (Å²) < 4.78 is 0. The molecular formula is C17H20N6O. The van der Waals surface area contributed by atoms with E-state index in [9.17, 15) is 4.79 Å². The molecule has 3 aromatic rings. The van der Waals surface area contributed by atoms with E-state index in [2.05, 4.69) is 26.3 Å². The van der Waals surface area contributed by atoms with Crippen molar-refractivity contribution in [2.45, 2.75) is 19.9 Å². The number of anilines is 2. The first-order valence-corrected chi connectivity index (χ1v) is 7.74. The molecule has 7 heteroatoms. The summed E-state index contributed by atoms with van der Waals surface area (Å²) in [4.78, 5) is 23.3. The summed E-state index contributed by atoms with van der Waals surface area (Å²) in [5.74, 6) is 0.194. The molecule has 6 N–H and O–H groups in total. The molecule has 0 spiro atoms. The standard InChI is InChI=1S/C17H20N6O/c1-10(6-11-7-20-14-5-3-2-4-13(11)14)16(24)21-8-12-9-22-17(19)23-15(12)18/h2-5,7,9-10,20H,6,8H2,1H3,(H,21,24)(H4,18,19,22,23). The van der Waals surface area contributed by atoms with Gasteiger partial charge in [-0.3, -0.25) is 4.79 Å². The zero-order chi connectivity index (χ0) is 17.1. The Morgan fingerprint density at radius 2 is 2.08 bits per heavy atom. The molecule has 7 nitrogen and oxygen atoms in total. The van der Waals surface area contributed by atoms with Crippen molar-refractivity contribution in [1.82, 2.24) is 20.3 Å². The topological polar surface area (TPSA) is 123 Å². The zero-order valence-corrected chi connectivity index (χ0v) is 13.4. The van der Waals surface area contributed by atoms with Crippen LogP contribution < -0.4 is 16.8 Å². The highest BCUT2D eigenvalue weighted by molar-refractivity contribution is 5.84. The summed E-state index contributed by atoms with van der Waals surface area (Å²) in [6.45, 7) is 2.18. The molecule has 0 bridgehead atoms. The van der Waals surface area contributed by atoms with E-state index < -0.39 is 0 Å². The molecule has 0 aliphatic carbocycles. The summed E-state index contributed by atoms with van der Waals surface area (Å²) in [6, 6.07) is 8.05. The smallest absolute Gasteiger partial charge is 0.223 e. The number of rotatable bonds is 5. The first kappa shape index (κ1) is 15.8. The SMILES string of the molecule is CC(Cc1c[nH]c2ccccc12)C(=O)NCc1cnc(N)nc1N. The van der Waals surface area contributed by atoms with Crippen LogP contribution in [0.2, 0.25) is 0 Å².